The second kappa shape index (κ2) is 4.52. The van der Waals surface area contributed by atoms with E-state index >= 15 is 0 Å². The van der Waals surface area contributed by atoms with Crippen LogP contribution in [0.5, 0.6) is 0 Å². The van der Waals surface area contributed by atoms with E-state index in [0.29, 0.717) is 6.04 Å². The van der Waals surface area contributed by atoms with Gasteiger partial charge in [0.1, 0.15) is 0 Å². The second-order valence-electron chi connectivity index (χ2n) is 4.63. The molecule has 2 nitrogen and oxygen atoms in total. The molecule has 2 unspecified atom stereocenters. The highest BCUT2D eigenvalue weighted by Gasteiger charge is 2.26. The highest BCUT2D eigenvalue weighted by Crippen LogP contribution is 2.36. The number of nitrogens with one attached hydrogen (secondary N) is 1. The van der Waals surface area contributed by atoms with E-state index in [9.17, 15) is 0 Å². The van der Waals surface area contributed by atoms with Crippen LogP contribution in [0.3, 0.4) is 0 Å². The van der Waals surface area contributed by atoms with Crippen molar-refractivity contribution in [2.24, 2.45) is 5.92 Å². The Bertz CT molecular complexity index is 377. The maximum Gasteiger partial charge on any atom is 0.177 e. The summed E-state index contributed by atoms with van der Waals surface area (Å²) in [6, 6.07) is 0.641. The Morgan fingerprint density at radius 3 is 2.80 bits per heavy atom. The van der Waals surface area contributed by atoms with Gasteiger partial charge in [0.05, 0.1) is 0 Å². The standard InChI is InChI=1S/C12H20N2S/c1-3-10-6-4-5-7-11(10)14-9(2)8-13-12(14)15/h8,10-11H,3-7H2,1-2H3,(H,13,15). The lowest BCUT2D eigenvalue weighted by Gasteiger charge is -2.32. The molecule has 1 aliphatic carbocycles. The van der Waals surface area contributed by atoms with Crippen molar-refractivity contribution in [3.05, 3.63) is 16.7 Å². The SMILES string of the molecule is CCC1CCCCC1n1c(C)c[nH]c1=S. The number of aromatic nitrogens is 2. The summed E-state index contributed by atoms with van der Waals surface area (Å²) >= 11 is 5.36. The fourth-order valence-electron chi connectivity index (χ4n) is 2.88. The van der Waals surface area contributed by atoms with Crippen LogP contribution >= 0.6 is 12.2 Å². The Labute approximate surface area is 96.7 Å². The van der Waals surface area contributed by atoms with Gasteiger partial charge >= 0.3 is 0 Å². The van der Waals surface area contributed by atoms with Crippen LogP contribution in [-0.2, 0) is 0 Å². The molecule has 15 heavy (non-hydrogen) atoms. The average Bonchev–Trinajstić information content (AvgIpc) is 2.59. The molecule has 84 valence electrons. The van der Waals surface area contributed by atoms with E-state index in [1.165, 1.54) is 37.8 Å². The van der Waals surface area contributed by atoms with Crippen molar-refractivity contribution in [2.45, 2.75) is 52.0 Å². The van der Waals surface area contributed by atoms with Crippen LogP contribution in [0.25, 0.3) is 0 Å². The van der Waals surface area contributed by atoms with Crippen LogP contribution in [-0.4, -0.2) is 9.55 Å². The van der Waals surface area contributed by atoms with Gasteiger partial charge in [-0.1, -0.05) is 26.2 Å². The minimum Gasteiger partial charge on any atom is -0.337 e. The van der Waals surface area contributed by atoms with Gasteiger partial charge in [0, 0.05) is 17.9 Å². The summed E-state index contributed by atoms with van der Waals surface area (Å²) in [6.07, 6.45) is 8.72. The molecule has 3 heteroatoms. The molecule has 0 spiro atoms. The highest BCUT2D eigenvalue weighted by atomic mass is 32.1. The number of aryl methyl sites for hydroxylation is 1. The van der Waals surface area contributed by atoms with Gasteiger partial charge in [-0.25, -0.2) is 0 Å². The minimum absolute atomic E-state index is 0.641. The third-order valence-electron chi connectivity index (χ3n) is 3.73. The van der Waals surface area contributed by atoms with Gasteiger partial charge in [0.2, 0.25) is 0 Å². The van der Waals surface area contributed by atoms with Crippen LogP contribution in [0.4, 0.5) is 0 Å². The Hall–Kier alpha value is -0.570. The van der Waals surface area contributed by atoms with Crippen LogP contribution < -0.4 is 0 Å². The Kier molecular flexibility index (Phi) is 3.29. The predicted octanol–water partition coefficient (Wildman–Crippen LogP) is 4.00. The van der Waals surface area contributed by atoms with Crippen LogP contribution in [0.15, 0.2) is 6.20 Å². The first-order valence-electron chi connectivity index (χ1n) is 6.00. The van der Waals surface area contributed by atoms with E-state index in [1.54, 1.807) is 0 Å². The topological polar surface area (TPSA) is 20.7 Å². The van der Waals surface area contributed by atoms with Gasteiger partial charge in [0.25, 0.3) is 0 Å². The van der Waals surface area contributed by atoms with Gasteiger partial charge in [0.15, 0.2) is 4.77 Å². The molecule has 0 aromatic carbocycles. The molecule has 1 saturated carbocycles. The van der Waals surface area contributed by atoms with Crippen molar-refractivity contribution in [3.63, 3.8) is 0 Å². The molecular formula is C12H20N2S. The lowest BCUT2D eigenvalue weighted by atomic mass is 9.82. The van der Waals surface area contributed by atoms with Gasteiger partial charge < -0.3 is 9.55 Å². The lowest BCUT2D eigenvalue weighted by molar-refractivity contribution is 0.228. The molecule has 1 aliphatic rings. The summed E-state index contributed by atoms with van der Waals surface area (Å²) in [5.41, 5.74) is 1.28. The molecule has 1 N–H and O–H groups in total. The molecule has 1 fully saturated rings. The molecule has 0 radical (unpaired) electrons. The minimum atomic E-state index is 0.641. The van der Waals surface area contributed by atoms with E-state index in [4.69, 9.17) is 12.2 Å². The van der Waals surface area contributed by atoms with Crippen LogP contribution in [0.2, 0.25) is 0 Å². The fourth-order valence-corrected chi connectivity index (χ4v) is 3.22. The fraction of sp³-hybridized carbons (Fsp3) is 0.750. The van der Waals surface area contributed by atoms with E-state index < -0.39 is 0 Å². The first kappa shape index (κ1) is 10.9. The number of hydrogen-bond acceptors (Lipinski definition) is 1. The molecule has 0 bridgehead atoms. The molecule has 2 atom stereocenters. The maximum absolute atomic E-state index is 5.36. The summed E-state index contributed by atoms with van der Waals surface area (Å²) < 4.78 is 3.24. The number of H-pyrrole nitrogens is 1. The first-order chi connectivity index (χ1) is 7.24. The molecule has 2 rings (SSSR count). The van der Waals surface area contributed by atoms with Gasteiger partial charge in [-0.05, 0) is 37.9 Å². The molecular weight excluding hydrogens is 204 g/mol. The quantitative estimate of drug-likeness (QED) is 0.753. The summed E-state index contributed by atoms with van der Waals surface area (Å²) in [4.78, 5) is 3.16. The first-order valence-corrected chi connectivity index (χ1v) is 6.41. The molecule has 0 saturated heterocycles. The largest absolute Gasteiger partial charge is 0.337 e. The van der Waals surface area contributed by atoms with Crippen molar-refractivity contribution in [1.82, 2.24) is 9.55 Å². The molecule has 0 aliphatic heterocycles. The summed E-state index contributed by atoms with van der Waals surface area (Å²) in [7, 11) is 0. The van der Waals surface area contributed by atoms with Crippen molar-refractivity contribution < 1.29 is 0 Å². The third kappa shape index (κ3) is 2.03. The molecule has 1 aromatic heterocycles. The van der Waals surface area contributed by atoms with Crippen molar-refractivity contribution in [3.8, 4) is 0 Å². The van der Waals surface area contributed by atoms with Gasteiger partial charge in [-0.2, -0.15) is 0 Å². The van der Waals surface area contributed by atoms with E-state index in [0.717, 1.165) is 10.7 Å². The zero-order valence-corrected chi connectivity index (χ0v) is 10.4. The molecule has 1 aromatic rings. The van der Waals surface area contributed by atoms with Crippen molar-refractivity contribution >= 4 is 12.2 Å². The summed E-state index contributed by atoms with van der Waals surface area (Å²) in [5, 5.41) is 0. The normalized spacial score (nSPS) is 26.8. The van der Waals surface area contributed by atoms with Crippen molar-refractivity contribution in [2.75, 3.05) is 0 Å². The lowest BCUT2D eigenvalue weighted by Crippen LogP contribution is -2.23. The maximum atomic E-state index is 5.36. The van der Waals surface area contributed by atoms with Crippen molar-refractivity contribution in [1.29, 1.82) is 0 Å². The number of rotatable bonds is 2. The third-order valence-corrected chi connectivity index (χ3v) is 4.04. The number of imidazole rings is 1. The average molecular weight is 224 g/mol. The Balaban J connectivity index is 2.32. The smallest absolute Gasteiger partial charge is 0.177 e. The molecule has 1 heterocycles. The summed E-state index contributed by atoms with van der Waals surface area (Å²) in [6.45, 7) is 4.45. The van der Waals surface area contributed by atoms with Crippen LogP contribution in [0, 0.1) is 17.6 Å². The zero-order valence-electron chi connectivity index (χ0n) is 9.62. The van der Waals surface area contributed by atoms with Gasteiger partial charge in [-0.15, -0.1) is 0 Å². The van der Waals surface area contributed by atoms with E-state index in [-0.39, 0.29) is 0 Å². The zero-order chi connectivity index (χ0) is 10.8. The second-order valence-corrected chi connectivity index (χ2v) is 5.01. The Morgan fingerprint density at radius 1 is 1.47 bits per heavy atom. The molecule has 0 amide bonds. The highest BCUT2D eigenvalue weighted by molar-refractivity contribution is 7.71. The number of aromatic amines is 1. The number of nitrogens with zero attached hydrogens (tertiary/aromatic N) is 1. The number of hydrogen-bond donors (Lipinski definition) is 1. The van der Waals surface area contributed by atoms with Gasteiger partial charge in [-0.3, -0.25) is 0 Å². The summed E-state index contributed by atoms with van der Waals surface area (Å²) in [5.74, 6) is 0.819. The van der Waals surface area contributed by atoms with E-state index in [1.807, 2.05) is 6.20 Å². The van der Waals surface area contributed by atoms with Crippen LogP contribution in [0.1, 0.15) is 50.8 Å². The predicted molar refractivity (Wildman–Crippen MR) is 65.6 cm³/mol. The Morgan fingerprint density at radius 2 is 2.20 bits per heavy atom. The van der Waals surface area contributed by atoms with E-state index in [2.05, 4.69) is 23.4 Å². The monoisotopic (exact) mass is 224 g/mol.